The summed E-state index contributed by atoms with van der Waals surface area (Å²) in [6.07, 6.45) is 0.682. The van der Waals surface area contributed by atoms with Gasteiger partial charge in [0.15, 0.2) is 5.60 Å². The van der Waals surface area contributed by atoms with E-state index in [-0.39, 0.29) is 11.9 Å². The van der Waals surface area contributed by atoms with Gasteiger partial charge in [-0.3, -0.25) is 4.79 Å². The summed E-state index contributed by atoms with van der Waals surface area (Å²) in [5.74, 6) is -0.568. The van der Waals surface area contributed by atoms with E-state index >= 15 is 0 Å². The number of nitriles is 1. The van der Waals surface area contributed by atoms with Crippen LogP contribution < -0.4 is 10.6 Å². The van der Waals surface area contributed by atoms with E-state index in [1.54, 1.807) is 6.07 Å². The minimum Gasteiger partial charge on any atom is -0.446 e. The molecule has 0 unspecified atom stereocenters. The highest BCUT2D eigenvalue weighted by Crippen LogP contribution is 2.43. The van der Waals surface area contributed by atoms with Crippen LogP contribution in [0.25, 0.3) is 11.1 Å². The van der Waals surface area contributed by atoms with Crippen molar-refractivity contribution in [3.8, 4) is 17.2 Å². The van der Waals surface area contributed by atoms with Crippen LogP contribution in [0.3, 0.4) is 0 Å². The molecule has 33 heavy (non-hydrogen) atoms. The third kappa shape index (κ3) is 4.23. The fourth-order valence-electron chi connectivity index (χ4n) is 4.41. The fourth-order valence-corrected chi connectivity index (χ4v) is 4.41. The molecule has 1 spiro atoms. The van der Waals surface area contributed by atoms with Crippen molar-refractivity contribution in [3.05, 3.63) is 59.2 Å². The van der Waals surface area contributed by atoms with Gasteiger partial charge >= 0.3 is 5.97 Å². The molecule has 0 bridgehead atoms. The number of nitrogens with one attached hydrogen (secondary N) is 2. The summed E-state index contributed by atoms with van der Waals surface area (Å²) >= 11 is 0. The zero-order valence-corrected chi connectivity index (χ0v) is 18.1. The van der Waals surface area contributed by atoms with Gasteiger partial charge in [-0.05, 0) is 41.8 Å². The van der Waals surface area contributed by atoms with Crippen LogP contribution in [-0.2, 0) is 31.0 Å². The number of amides is 1. The van der Waals surface area contributed by atoms with Crippen LogP contribution in [0.5, 0.6) is 0 Å². The lowest BCUT2D eigenvalue weighted by atomic mass is 9.88. The van der Waals surface area contributed by atoms with Crippen molar-refractivity contribution in [2.24, 2.45) is 0 Å². The number of carbonyl (C=O) groups excluding carboxylic acids is 2. The van der Waals surface area contributed by atoms with E-state index < -0.39 is 17.7 Å². The number of esters is 1. The van der Waals surface area contributed by atoms with Crippen LogP contribution in [0.2, 0.25) is 0 Å². The molecule has 3 aliphatic heterocycles. The second-order valence-corrected chi connectivity index (χ2v) is 8.65. The van der Waals surface area contributed by atoms with Crippen LogP contribution >= 0.6 is 0 Å². The van der Waals surface area contributed by atoms with Gasteiger partial charge in [-0.15, -0.1) is 0 Å². The number of hydrogen-bond donors (Lipinski definition) is 2. The molecule has 5 rings (SSSR count). The maximum Gasteiger partial charge on any atom is 0.339 e. The summed E-state index contributed by atoms with van der Waals surface area (Å²) in [7, 11) is 0. The summed E-state index contributed by atoms with van der Waals surface area (Å²) in [6.45, 7) is 2.57. The van der Waals surface area contributed by atoms with Crippen LogP contribution in [0.1, 0.15) is 27.9 Å². The lowest BCUT2D eigenvalue weighted by Crippen LogP contribution is -2.46. The second kappa shape index (κ2) is 8.94. The quantitative estimate of drug-likeness (QED) is 0.671. The summed E-state index contributed by atoms with van der Waals surface area (Å²) in [5, 5.41) is 15.5. The molecule has 2 aromatic carbocycles. The molecule has 2 fully saturated rings. The van der Waals surface area contributed by atoms with Crippen LogP contribution in [0.4, 0.5) is 0 Å². The zero-order valence-electron chi connectivity index (χ0n) is 18.1. The monoisotopic (exact) mass is 447 g/mol. The molecule has 2 N–H and O–H groups in total. The molecular weight excluding hydrogens is 422 g/mol. The molecule has 3 aliphatic rings. The molecule has 0 saturated carbocycles. The first-order chi connectivity index (χ1) is 16.1. The first kappa shape index (κ1) is 21.6. The van der Waals surface area contributed by atoms with Gasteiger partial charge in [-0.1, -0.05) is 30.3 Å². The van der Waals surface area contributed by atoms with Gasteiger partial charge in [0.25, 0.3) is 5.91 Å². The van der Waals surface area contributed by atoms with E-state index in [4.69, 9.17) is 14.2 Å². The average molecular weight is 447 g/mol. The summed E-state index contributed by atoms with van der Waals surface area (Å²) < 4.78 is 16.4. The molecule has 2 saturated heterocycles. The van der Waals surface area contributed by atoms with Crippen molar-refractivity contribution in [3.63, 3.8) is 0 Å². The molecular formula is C25H25N3O5. The zero-order chi connectivity index (χ0) is 22.8. The van der Waals surface area contributed by atoms with E-state index in [0.29, 0.717) is 38.3 Å². The van der Waals surface area contributed by atoms with E-state index in [9.17, 15) is 14.9 Å². The van der Waals surface area contributed by atoms with Gasteiger partial charge < -0.3 is 24.8 Å². The van der Waals surface area contributed by atoms with E-state index in [1.165, 1.54) is 0 Å². The molecule has 0 aromatic heterocycles. The first-order valence-corrected chi connectivity index (χ1v) is 11.2. The predicted molar refractivity (Wildman–Crippen MR) is 118 cm³/mol. The lowest BCUT2D eigenvalue weighted by molar-refractivity contribution is -0.179. The third-order valence-corrected chi connectivity index (χ3v) is 6.33. The number of nitrogens with zero attached hydrogens (tertiary/aromatic N) is 1. The molecule has 1 amide bonds. The van der Waals surface area contributed by atoms with E-state index in [1.807, 2.05) is 36.4 Å². The van der Waals surface area contributed by atoms with E-state index in [2.05, 4.69) is 16.7 Å². The summed E-state index contributed by atoms with van der Waals surface area (Å²) in [5.41, 5.74) is 3.74. The Bertz CT molecular complexity index is 1100. The highest BCUT2D eigenvalue weighted by Gasteiger charge is 2.51. The predicted octanol–water partition coefficient (Wildman–Crippen LogP) is 1.68. The van der Waals surface area contributed by atoms with Crippen molar-refractivity contribution in [2.75, 3.05) is 32.9 Å². The van der Waals surface area contributed by atoms with Gasteiger partial charge in [0.2, 0.25) is 0 Å². The van der Waals surface area contributed by atoms with Gasteiger partial charge in [-0.2, -0.15) is 5.26 Å². The van der Waals surface area contributed by atoms with Crippen molar-refractivity contribution >= 4 is 11.9 Å². The number of fused-ring (bicyclic) bond motifs is 2. The fraction of sp³-hybridized carbons (Fsp3) is 0.400. The van der Waals surface area contributed by atoms with Crippen molar-refractivity contribution < 1.29 is 23.8 Å². The molecule has 170 valence electrons. The standard InChI is InChI=1S/C25H25N3O5/c26-12-19(28-23(29)22-13-27-8-1-9-32-22)10-16-2-4-17(5-3-16)18-6-7-20-21(11-18)25(14-31-15-25)33-24(20)30/h2-7,11,19,22,27H,1,8-10,13-15H2,(H,28,29)/t19-,22-/m0/s1. The Morgan fingerprint density at radius 1 is 1.21 bits per heavy atom. The number of hydrogen-bond acceptors (Lipinski definition) is 7. The highest BCUT2D eigenvalue weighted by atomic mass is 16.6. The van der Waals surface area contributed by atoms with Gasteiger partial charge in [-0.25, -0.2) is 4.79 Å². The third-order valence-electron chi connectivity index (χ3n) is 6.33. The molecule has 2 aromatic rings. The van der Waals surface area contributed by atoms with Crippen LogP contribution in [0.15, 0.2) is 42.5 Å². The minimum atomic E-state index is -0.642. The highest BCUT2D eigenvalue weighted by molar-refractivity contribution is 5.96. The number of carbonyl (C=O) groups is 2. The Labute approximate surface area is 191 Å². The Morgan fingerprint density at radius 2 is 2.00 bits per heavy atom. The molecule has 3 heterocycles. The first-order valence-electron chi connectivity index (χ1n) is 11.2. The topological polar surface area (TPSA) is 110 Å². The number of benzene rings is 2. The Balaban J connectivity index is 1.26. The van der Waals surface area contributed by atoms with Crippen LogP contribution in [-0.4, -0.2) is 56.9 Å². The Hall–Kier alpha value is -3.25. The lowest BCUT2D eigenvalue weighted by Gasteiger charge is -2.36. The van der Waals surface area contributed by atoms with Gasteiger partial charge in [0, 0.05) is 25.1 Å². The Morgan fingerprint density at radius 3 is 2.73 bits per heavy atom. The number of rotatable bonds is 5. The average Bonchev–Trinajstić information content (AvgIpc) is 2.96. The molecule has 2 atom stereocenters. The van der Waals surface area contributed by atoms with Gasteiger partial charge in [0.05, 0.1) is 24.8 Å². The van der Waals surface area contributed by atoms with Gasteiger partial charge in [0.1, 0.15) is 12.1 Å². The van der Waals surface area contributed by atoms with E-state index in [0.717, 1.165) is 35.2 Å². The Kier molecular flexibility index (Phi) is 5.85. The number of ether oxygens (including phenoxy) is 3. The molecule has 8 heteroatoms. The maximum absolute atomic E-state index is 12.5. The second-order valence-electron chi connectivity index (χ2n) is 8.65. The van der Waals surface area contributed by atoms with Crippen LogP contribution in [0, 0.1) is 11.3 Å². The molecule has 0 aliphatic carbocycles. The van der Waals surface area contributed by atoms with Crippen molar-refractivity contribution in [2.45, 2.75) is 30.6 Å². The largest absolute Gasteiger partial charge is 0.446 e. The van der Waals surface area contributed by atoms with Crippen molar-refractivity contribution in [1.29, 1.82) is 5.26 Å². The summed E-state index contributed by atoms with van der Waals surface area (Å²) in [6, 6.07) is 15.1. The smallest absolute Gasteiger partial charge is 0.339 e. The molecule has 8 nitrogen and oxygen atoms in total. The SMILES string of the molecule is N#C[C@H](Cc1ccc(-c2ccc3c(c2)C2(COC2)OC3=O)cc1)NC(=O)[C@@H]1CNCCCO1. The minimum absolute atomic E-state index is 0.267. The normalized spacial score (nSPS) is 21.8. The summed E-state index contributed by atoms with van der Waals surface area (Å²) in [4.78, 5) is 24.6. The molecule has 0 radical (unpaired) electrons. The van der Waals surface area contributed by atoms with Crippen molar-refractivity contribution in [1.82, 2.24) is 10.6 Å². The maximum atomic E-state index is 12.5.